The van der Waals surface area contributed by atoms with E-state index in [1.165, 1.54) is 6.07 Å². The highest BCUT2D eigenvalue weighted by molar-refractivity contribution is 9.10. The van der Waals surface area contributed by atoms with Crippen LogP contribution < -0.4 is 0 Å². The first kappa shape index (κ1) is 14.7. The number of carbonyl (C=O) groups is 1. The van der Waals surface area contributed by atoms with Crippen LogP contribution in [0.3, 0.4) is 0 Å². The SMILES string of the molecule is CCC(C)SCC(=O)Cc1cc(Br)ccc1F. The lowest BCUT2D eigenvalue weighted by atomic mass is 10.1. The van der Waals surface area contributed by atoms with Crippen LogP contribution >= 0.6 is 27.7 Å². The van der Waals surface area contributed by atoms with Gasteiger partial charge in [-0.1, -0.05) is 29.8 Å². The predicted octanol–water partition coefficient (Wildman–Crippen LogP) is 4.23. The largest absolute Gasteiger partial charge is 0.298 e. The summed E-state index contributed by atoms with van der Waals surface area (Å²) in [7, 11) is 0. The average Bonchev–Trinajstić information content (AvgIpc) is 2.30. The van der Waals surface area contributed by atoms with Crippen molar-refractivity contribution in [3.8, 4) is 0 Å². The highest BCUT2D eigenvalue weighted by Crippen LogP contribution is 2.18. The summed E-state index contributed by atoms with van der Waals surface area (Å²) in [5.74, 6) is 0.225. The third-order valence-electron chi connectivity index (χ3n) is 2.50. The van der Waals surface area contributed by atoms with E-state index in [1.807, 2.05) is 0 Å². The molecule has 17 heavy (non-hydrogen) atoms. The molecule has 0 saturated heterocycles. The third-order valence-corrected chi connectivity index (χ3v) is 4.38. The summed E-state index contributed by atoms with van der Waals surface area (Å²) < 4.78 is 14.2. The highest BCUT2D eigenvalue weighted by atomic mass is 79.9. The smallest absolute Gasteiger partial charge is 0.147 e. The van der Waals surface area contributed by atoms with E-state index in [2.05, 4.69) is 29.8 Å². The van der Waals surface area contributed by atoms with Gasteiger partial charge >= 0.3 is 0 Å². The molecule has 0 aliphatic rings. The standard InChI is InChI=1S/C13H16BrFOS/c1-3-9(2)17-8-12(16)7-10-6-11(14)4-5-13(10)15/h4-6,9H,3,7-8H2,1-2H3. The molecule has 0 aliphatic heterocycles. The summed E-state index contributed by atoms with van der Waals surface area (Å²) in [6.45, 7) is 4.19. The molecule has 0 bridgehead atoms. The molecule has 1 aromatic rings. The van der Waals surface area contributed by atoms with Gasteiger partial charge in [-0.3, -0.25) is 4.79 Å². The van der Waals surface area contributed by atoms with Crippen LogP contribution in [0.15, 0.2) is 22.7 Å². The maximum Gasteiger partial charge on any atom is 0.147 e. The number of thioether (sulfide) groups is 1. The number of Topliss-reactive ketones (excluding diaryl/α,β-unsaturated/α-hetero) is 1. The number of halogens is 2. The number of ketones is 1. The molecule has 0 radical (unpaired) electrons. The molecule has 1 aromatic carbocycles. The Kier molecular flexibility index (Phi) is 6.20. The van der Waals surface area contributed by atoms with E-state index in [-0.39, 0.29) is 18.0 Å². The van der Waals surface area contributed by atoms with Crippen LogP contribution in [-0.2, 0) is 11.2 Å². The zero-order valence-electron chi connectivity index (χ0n) is 10.0. The maximum absolute atomic E-state index is 13.4. The van der Waals surface area contributed by atoms with Crippen LogP contribution in [-0.4, -0.2) is 16.8 Å². The Morgan fingerprint density at radius 3 is 2.88 bits per heavy atom. The minimum absolute atomic E-state index is 0.0762. The third kappa shape index (κ3) is 5.21. The molecular weight excluding hydrogens is 303 g/mol. The fourth-order valence-electron chi connectivity index (χ4n) is 1.30. The van der Waals surface area contributed by atoms with Crippen molar-refractivity contribution in [1.29, 1.82) is 0 Å². The molecule has 0 aromatic heterocycles. The van der Waals surface area contributed by atoms with Gasteiger partial charge in [0.25, 0.3) is 0 Å². The van der Waals surface area contributed by atoms with E-state index in [0.29, 0.717) is 16.6 Å². The summed E-state index contributed by atoms with van der Waals surface area (Å²) in [6, 6.07) is 4.69. The minimum Gasteiger partial charge on any atom is -0.298 e. The molecule has 0 aliphatic carbocycles. The van der Waals surface area contributed by atoms with Gasteiger partial charge in [0.15, 0.2) is 0 Å². The monoisotopic (exact) mass is 318 g/mol. The van der Waals surface area contributed by atoms with Crippen molar-refractivity contribution in [2.24, 2.45) is 0 Å². The highest BCUT2D eigenvalue weighted by Gasteiger charge is 2.10. The van der Waals surface area contributed by atoms with Gasteiger partial charge in [0, 0.05) is 16.1 Å². The van der Waals surface area contributed by atoms with E-state index in [4.69, 9.17) is 0 Å². The summed E-state index contributed by atoms with van der Waals surface area (Å²) in [5, 5.41) is 0.478. The number of rotatable bonds is 6. The second kappa shape index (κ2) is 7.17. The molecule has 0 amide bonds. The summed E-state index contributed by atoms with van der Waals surface area (Å²) in [4.78, 5) is 11.7. The van der Waals surface area contributed by atoms with E-state index in [0.717, 1.165) is 10.9 Å². The molecule has 0 N–H and O–H groups in total. The molecule has 0 fully saturated rings. The second-order valence-electron chi connectivity index (χ2n) is 3.98. The fraction of sp³-hybridized carbons (Fsp3) is 0.462. The molecule has 1 unspecified atom stereocenters. The molecule has 1 atom stereocenters. The van der Waals surface area contributed by atoms with Gasteiger partial charge in [-0.25, -0.2) is 4.39 Å². The molecule has 94 valence electrons. The van der Waals surface area contributed by atoms with Gasteiger partial charge in [-0.15, -0.1) is 0 Å². The van der Waals surface area contributed by atoms with Gasteiger partial charge < -0.3 is 0 Å². The van der Waals surface area contributed by atoms with Crippen LogP contribution in [0.1, 0.15) is 25.8 Å². The van der Waals surface area contributed by atoms with E-state index in [1.54, 1.807) is 23.9 Å². The van der Waals surface area contributed by atoms with Crippen LogP contribution in [0.5, 0.6) is 0 Å². The molecule has 1 rings (SSSR count). The van der Waals surface area contributed by atoms with Gasteiger partial charge in [0.1, 0.15) is 11.6 Å². The maximum atomic E-state index is 13.4. The zero-order chi connectivity index (χ0) is 12.8. The lowest BCUT2D eigenvalue weighted by Gasteiger charge is -2.07. The Morgan fingerprint density at radius 2 is 2.24 bits per heavy atom. The van der Waals surface area contributed by atoms with Crippen molar-refractivity contribution in [2.45, 2.75) is 31.9 Å². The Morgan fingerprint density at radius 1 is 1.53 bits per heavy atom. The number of carbonyl (C=O) groups excluding carboxylic acids is 1. The first-order chi connectivity index (χ1) is 8.02. The summed E-state index contributed by atoms with van der Waals surface area (Å²) in [5.41, 5.74) is 0.467. The molecular formula is C13H16BrFOS. The first-order valence-electron chi connectivity index (χ1n) is 5.60. The van der Waals surface area contributed by atoms with Crippen molar-refractivity contribution in [2.75, 3.05) is 5.75 Å². The number of hydrogen-bond acceptors (Lipinski definition) is 2. The molecule has 1 nitrogen and oxygen atoms in total. The number of hydrogen-bond donors (Lipinski definition) is 0. The Labute approximate surface area is 114 Å². The van der Waals surface area contributed by atoms with E-state index >= 15 is 0 Å². The molecule has 0 spiro atoms. The topological polar surface area (TPSA) is 17.1 Å². The van der Waals surface area contributed by atoms with Crippen molar-refractivity contribution >= 4 is 33.5 Å². The molecule has 0 saturated carbocycles. The van der Waals surface area contributed by atoms with Crippen LogP contribution in [0.4, 0.5) is 4.39 Å². The van der Waals surface area contributed by atoms with E-state index < -0.39 is 0 Å². The molecule has 0 heterocycles. The Bertz CT molecular complexity index is 395. The van der Waals surface area contributed by atoms with Crippen molar-refractivity contribution < 1.29 is 9.18 Å². The second-order valence-corrected chi connectivity index (χ2v) is 6.32. The predicted molar refractivity (Wildman–Crippen MR) is 75.0 cm³/mol. The van der Waals surface area contributed by atoms with Crippen molar-refractivity contribution in [3.05, 3.63) is 34.1 Å². The summed E-state index contributed by atoms with van der Waals surface area (Å²) >= 11 is 4.91. The normalized spacial score (nSPS) is 12.5. The Hall–Kier alpha value is -0.350. The van der Waals surface area contributed by atoms with Gasteiger partial charge in [-0.05, 0) is 30.2 Å². The molecule has 4 heteroatoms. The number of benzene rings is 1. The quantitative estimate of drug-likeness (QED) is 0.780. The van der Waals surface area contributed by atoms with Crippen LogP contribution in [0, 0.1) is 5.82 Å². The van der Waals surface area contributed by atoms with Gasteiger partial charge in [0.05, 0.1) is 5.75 Å². The lowest BCUT2D eigenvalue weighted by molar-refractivity contribution is -0.116. The van der Waals surface area contributed by atoms with Crippen molar-refractivity contribution in [1.82, 2.24) is 0 Å². The average molecular weight is 319 g/mol. The zero-order valence-corrected chi connectivity index (χ0v) is 12.4. The summed E-state index contributed by atoms with van der Waals surface area (Å²) in [6.07, 6.45) is 1.22. The van der Waals surface area contributed by atoms with Gasteiger partial charge in [0.2, 0.25) is 0 Å². The van der Waals surface area contributed by atoms with Crippen molar-refractivity contribution in [3.63, 3.8) is 0 Å². The van der Waals surface area contributed by atoms with E-state index in [9.17, 15) is 9.18 Å². The first-order valence-corrected chi connectivity index (χ1v) is 7.44. The Balaban J connectivity index is 2.53. The fourth-order valence-corrected chi connectivity index (χ4v) is 2.51. The van der Waals surface area contributed by atoms with Gasteiger partial charge in [-0.2, -0.15) is 11.8 Å². The van der Waals surface area contributed by atoms with Crippen LogP contribution in [0.25, 0.3) is 0 Å². The minimum atomic E-state index is -0.310. The lowest BCUT2D eigenvalue weighted by Crippen LogP contribution is -2.09. The van der Waals surface area contributed by atoms with Crippen LogP contribution in [0.2, 0.25) is 0 Å².